The van der Waals surface area contributed by atoms with Gasteiger partial charge in [-0.05, 0) is 60.7 Å². The lowest BCUT2D eigenvalue weighted by Crippen LogP contribution is -2.26. The third-order valence-electron chi connectivity index (χ3n) is 4.92. The molecule has 0 fully saturated rings. The van der Waals surface area contributed by atoms with Crippen molar-refractivity contribution in [2.24, 2.45) is 0 Å². The first-order valence-corrected chi connectivity index (χ1v) is 11.2. The molecular weight excluding hydrogens is 444 g/mol. The summed E-state index contributed by atoms with van der Waals surface area (Å²) in [5.74, 6) is 0.481. The quantitative estimate of drug-likeness (QED) is 0.442. The summed E-state index contributed by atoms with van der Waals surface area (Å²) in [6, 6.07) is 19.4. The number of anilines is 2. The molecule has 0 saturated heterocycles. The first kappa shape index (κ1) is 22.0. The van der Waals surface area contributed by atoms with Gasteiger partial charge in [0.25, 0.3) is 15.9 Å². The van der Waals surface area contributed by atoms with Crippen LogP contribution in [0.4, 0.5) is 11.4 Å². The van der Waals surface area contributed by atoms with Gasteiger partial charge >= 0.3 is 0 Å². The van der Waals surface area contributed by atoms with E-state index in [9.17, 15) is 13.2 Å². The SMILES string of the molecule is COc1ccc(N(C)S(=O)(=O)c2cccc(C(=O)Nc3cccc(-c4nnco4)c3)c2)cc1. The zero-order chi connectivity index (χ0) is 23.4. The summed E-state index contributed by atoms with van der Waals surface area (Å²) in [5.41, 5.74) is 1.80. The number of carbonyl (C=O) groups is 1. The van der Waals surface area contributed by atoms with E-state index in [-0.39, 0.29) is 10.5 Å². The van der Waals surface area contributed by atoms with E-state index in [0.717, 1.165) is 4.31 Å². The van der Waals surface area contributed by atoms with E-state index in [1.165, 1.54) is 38.8 Å². The lowest BCUT2D eigenvalue weighted by Gasteiger charge is -2.20. The summed E-state index contributed by atoms with van der Waals surface area (Å²) in [6.45, 7) is 0. The molecule has 0 aliphatic rings. The second-order valence-electron chi connectivity index (χ2n) is 6.98. The van der Waals surface area contributed by atoms with E-state index in [0.29, 0.717) is 28.6 Å². The number of rotatable bonds is 7. The number of nitrogens with one attached hydrogen (secondary N) is 1. The molecule has 0 aliphatic heterocycles. The predicted molar refractivity (Wildman–Crippen MR) is 123 cm³/mol. The molecule has 33 heavy (non-hydrogen) atoms. The second kappa shape index (κ2) is 9.13. The average molecular weight is 465 g/mol. The van der Waals surface area contributed by atoms with Crippen molar-refractivity contribution in [3.63, 3.8) is 0 Å². The second-order valence-corrected chi connectivity index (χ2v) is 8.95. The van der Waals surface area contributed by atoms with Gasteiger partial charge in [-0.1, -0.05) is 12.1 Å². The van der Waals surface area contributed by atoms with Gasteiger partial charge in [0.05, 0.1) is 17.7 Å². The molecule has 0 unspecified atom stereocenters. The number of nitrogens with zero attached hydrogens (tertiary/aromatic N) is 3. The highest BCUT2D eigenvalue weighted by molar-refractivity contribution is 7.92. The molecule has 0 radical (unpaired) electrons. The molecule has 1 heterocycles. The fraction of sp³-hybridized carbons (Fsp3) is 0.0870. The predicted octanol–water partition coefficient (Wildman–Crippen LogP) is 3.82. The van der Waals surface area contributed by atoms with Crippen molar-refractivity contribution < 1.29 is 22.4 Å². The highest BCUT2D eigenvalue weighted by atomic mass is 32.2. The third-order valence-corrected chi connectivity index (χ3v) is 6.70. The van der Waals surface area contributed by atoms with E-state index >= 15 is 0 Å². The number of hydrogen-bond donors (Lipinski definition) is 1. The highest BCUT2D eigenvalue weighted by Gasteiger charge is 2.22. The lowest BCUT2D eigenvalue weighted by atomic mass is 10.1. The van der Waals surface area contributed by atoms with Crippen molar-refractivity contribution in [2.45, 2.75) is 4.90 Å². The molecule has 0 aliphatic carbocycles. The highest BCUT2D eigenvalue weighted by Crippen LogP contribution is 2.25. The Morgan fingerprint density at radius 2 is 1.79 bits per heavy atom. The van der Waals surface area contributed by atoms with Crippen molar-refractivity contribution in [3.8, 4) is 17.2 Å². The minimum absolute atomic E-state index is 0.00641. The maximum Gasteiger partial charge on any atom is 0.264 e. The van der Waals surface area contributed by atoms with E-state index in [2.05, 4.69) is 15.5 Å². The monoisotopic (exact) mass is 464 g/mol. The van der Waals surface area contributed by atoms with Gasteiger partial charge in [0, 0.05) is 23.9 Å². The lowest BCUT2D eigenvalue weighted by molar-refractivity contribution is 0.102. The fourth-order valence-electron chi connectivity index (χ4n) is 3.12. The molecule has 168 valence electrons. The smallest absolute Gasteiger partial charge is 0.264 e. The molecule has 1 amide bonds. The van der Waals surface area contributed by atoms with Crippen LogP contribution in [0, 0.1) is 0 Å². The molecule has 0 atom stereocenters. The molecule has 0 spiro atoms. The molecule has 1 N–H and O–H groups in total. The minimum Gasteiger partial charge on any atom is -0.497 e. The summed E-state index contributed by atoms with van der Waals surface area (Å²) in [6.07, 6.45) is 1.22. The van der Waals surface area contributed by atoms with E-state index in [1.54, 1.807) is 54.6 Å². The number of ether oxygens (including phenoxy) is 1. The van der Waals surface area contributed by atoms with Crippen molar-refractivity contribution >= 4 is 27.3 Å². The van der Waals surface area contributed by atoms with Crippen molar-refractivity contribution in [3.05, 3.63) is 84.8 Å². The molecule has 1 aromatic heterocycles. The molecule has 4 aromatic rings. The normalized spacial score (nSPS) is 11.1. The van der Waals surface area contributed by atoms with Crippen LogP contribution in [0.5, 0.6) is 5.75 Å². The Hall–Kier alpha value is -4.18. The summed E-state index contributed by atoms with van der Waals surface area (Å²) >= 11 is 0. The Kier molecular flexibility index (Phi) is 6.09. The van der Waals surface area contributed by atoms with Crippen molar-refractivity contribution in [1.82, 2.24) is 10.2 Å². The van der Waals surface area contributed by atoms with Gasteiger partial charge in [-0.3, -0.25) is 9.10 Å². The maximum atomic E-state index is 13.1. The van der Waals surface area contributed by atoms with Crippen LogP contribution in [0.1, 0.15) is 10.4 Å². The standard InChI is InChI=1S/C23H20N4O5S/c1-27(19-9-11-20(31-2)12-10-19)33(29,30)21-8-4-5-16(14-21)22(28)25-18-7-3-6-17(13-18)23-26-24-15-32-23/h3-15H,1-2H3,(H,25,28). The van der Waals surface area contributed by atoms with Crippen molar-refractivity contribution in [2.75, 3.05) is 23.8 Å². The van der Waals surface area contributed by atoms with Crippen LogP contribution in [-0.2, 0) is 10.0 Å². The first-order valence-electron chi connectivity index (χ1n) is 9.79. The Morgan fingerprint density at radius 3 is 2.48 bits per heavy atom. The van der Waals surface area contributed by atoms with Gasteiger partial charge in [0.15, 0.2) is 0 Å². The van der Waals surface area contributed by atoms with Crippen LogP contribution in [0.15, 0.2) is 88.5 Å². The van der Waals surface area contributed by atoms with Crippen LogP contribution in [0.25, 0.3) is 11.5 Å². The average Bonchev–Trinajstić information content (AvgIpc) is 3.39. The molecule has 9 nitrogen and oxygen atoms in total. The third kappa shape index (κ3) is 4.70. The summed E-state index contributed by atoms with van der Waals surface area (Å²) < 4.78 is 37.7. The van der Waals surface area contributed by atoms with Crippen LogP contribution in [-0.4, -0.2) is 38.7 Å². The number of amides is 1. The molecule has 0 saturated carbocycles. The number of hydrogen-bond acceptors (Lipinski definition) is 7. The number of carbonyl (C=O) groups excluding carboxylic acids is 1. The topological polar surface area (TPSA) is 115 Å². The van der Waals surface area contributed by atoms with Gasteiger partial charge in [0.2, 0.25) is 12.3 Å². The molecule has 10 heteroatoms. The number of methoxy groups -OCH3 is 1. The zero-order valence-electron chi connectivity index (χ0n) is 17.8. The van der Waals surface area contributed by atoms with Crippen LogP contribution >= 0.6 is 0 Å². The molecule has 4 rings (SSSR count). The summed E-state index contributed by atoms with van der Waals surface area (Å²) in [5, 5.41) is 10.3. The number of aromatic nitrogens is 2. The van der Waals surface area contributed by atoms with Gasteiger partial charge < -0.3 is 14.5 Å². The Morgan fingerprint density at radius 1 is 1.03 bits per heavy atom. The molecular formula is C23H20N4O5S. The number of sulfonamides is 1. The Bertz CT molecular complexity index is 1370. The summed E-state index contributed by atoms with van der Waals surface area (Å²) in [4.78, 5) is 12.8. The first-order chi connectivity index (χ1) is 15.9. The largest absolute Gasteiger partial charge is 0.497 e. The van der Waals surface area contributed by atoms with Crippen LogP contribution in [0.3, 0.4) is 0 Å². The van der Waals surface area contributed by atoms with Gasteiger partial charge in [0.1, 0.15) is 5.75 Å². The van der Waals surface area contributed by atoms with Crippen LogP contribution in [0.2, 0.25) is 0 Å². The Balaban J connectivity index is 1.55. The van der Waals surface area contributed by atoms with Gasteiger partial charge in [-0.2, -0.15) is 0 Å². The van der Waals surface area contributed by atoms with E-state index < -0.39 is 15.9 Å². The van der Waals surface area contributed by atoms with Gasteiger partial charge in [-0.15, -0.1) is 10.2 Å². The number of benzene rings is 3. The minimum atomic E-state index is -3.89. The van der Waals surface area contributed by atoms with Crippen LogP contribution < -0.4 is 14.4 Å². The maximum absolute atomic E-state index is 13.1. The van der Waals surface area contributed by atoms with Crippen molar-refractivity contribution in [1.29, 1.82) is 0 Å². The zero-order valence-corrected chi connectivity index (χ0v) is 18.6. The van der Waals surface area contributed by atoms with E-state index in [1.807, 2.05) is 0 Å². The molecule has 0 bridgehead atoms. The Labute approximate surface area is 190 Å². The molecule has 3 aromatic carbocycles. The summed E-state index contributed by atoms with van der Waals surface area (Å²) in [7, 11) is -0.906. The fourth-order valence-corrected chi connectivity index (χ4v) is 4.36. The van der Waals surface area contributed by atoms with E-state index in [4.69, 9.17) is 9.15 Å². The van der Waals surface area contributed by atoms with Gasteiger partial charge in [-0.25, -0.2) is 8.42 Å².